The van der Waals surface area contributed by atoms with E-state index in [0.717, 1.165) is 59.2 Å². The highest BCUT2D eigenvalue weighted by atomic mass is 32.2. The highest BCUT2D eigenvalue weighted by Crippen LogP contribution is 2.51. The van der Waals surface area contributed by atoms with Crippen LogP contribution in [-0.4, -0.2) is 20.7 Å². The number of sulfone groups is 1. The molecular weight excluding hydrogens is 645 g/mol. The predicted octanol–water partition coefficient (Wildman–Crippen LogP) is 8.06. The fraction of sp³-hybridized carbons (Fsp3) is 0.238. The molecule has 8 rings (SSSR count). The lowest BCUT2D eigenvalue weighted by molar-refractivity contribution is 0.607. The highest BCUT2D eigenvalue weighted by Gasteiger charge is 2.44. The van der Waals surface area contributed by atoms with Crippen molar-refractivity contribution in [1.82, 2.24) is 0 Å². The topological polar surface area (TPSA) is 51.2 Å². The summed E-state index contributed by atoms with van der Waals surface area (Å²) < 4.78 is 42.2. The third-order valence-electron chi connectivity index (χ3n) is 10.9. The molecule has 3 nitrogen and oxygen atoms in total. The smallest absolute Gasteiger partial charge is 0.208 e. The molecule has 6 heteroatoms. The first kappa shape index (κ1) is 31.1. The normalized spacial score (nSPS) is 18.1. The van der Waals surface area contributed by atoms with E-state index in [1.807, 2.05) is 36.4 Å². The monoisotopic (exact) mass is 680 g/mol. The maximum absolute atomic E-state index is 14.2. The van der Waals surface area contributed by atoms with Crippen LogP contribution in [-0.2, 0) is 20.6 Å². The Labute approximate surface area is 286 Å². The molecule has 1 unspecified atom stereocenters. The van der Waals surface area contributed by atoms with Gasteiger partial charge in [-0.1, -0.05) is 89.8 Å². The number of rotatable bonds is 3. The number of hydrogen-bond donors (Lipinski definition) is 0. The minimum Gasteiger partial charge on any atom is -0.249 e. The van der Waals surface area contributed by atoms with Gasteiger partial charge in [0.25, 0.3) is 0 Å². The van der Waals surface area contributed by atoms with Crippen molar-refractivity contribution in [2.24, 2.45) is 0 Å². The SMILES string of the molecule is CC#CC1=C2C(=c3cc4cc5c(cc4cc31)=C1C(=C5C#C[Si](C(C)C)(C(C)C)C(C)C)c3ccccc3S1=O)S(=O)(=O)c1ccccc12. The molecule has 4 aromatic rings. The number of allylic oxidation sites excluding steroid dienone is 2. The van der Waals surface area contributed by atoms with Crippen LogP contribution in [0.25, 0.3) is 42.9 Å². The van der Waals surface area contributed by atoms with E-state index in [-0.39, 0.29) is 0 Å². The number of benzene rings is 4. The van der Waals surface area contributed by atoms with Gasteiger partial charge < -0.3 is 0 Å². The Balaban J connectivity index is 1.45. The molecule has 4 aliphatic rings. The van der Waals surface area contributed by atoms with Crippen molar-refractivity contribution in [2.75, 3.05) is 0 Å². The number of hydrogen-bond acceptors (Lipinski definition) is 3. The van der Waals surface area contributed by atoms with Crippen molar-refractivity contribution in [3.63, 3.8) is 0 Å². The lowest BCUT2D eigenvalue weighted by atomic mass is 9.96. The Morgan fingerprint density at radius 3 is 1.88 bits per heavy atom. The molecule has 0 radical (unpaired) electrons. The van der Waals surface area contributed by atoms with Crippen molar-refractivity contribution in [3.05, 3.63) is 105 Å². The first-order chi connectivity index (χ1) is 22.9. The summed E-state index contributed by atoms with van der Waals surface area (Å²) in [5.41, 5.74) is 12.2. The van der Waals surface area contributed by atoms with Gasteiger partial charge in [-0.05, 0) is 81.8 Å². The highest BCUT2D eigenvalue weighted by molar-refractivity contribution is 8.01. The Morgan fingerprint density at radius 1 is 0.667 bits per heavy atom. The quantitative estimate of drug-likeness (QED) is 0.163. The second-order valence-corrected chi connectivity index (χ2v) is 22.9. The van der Waals surface area contributed by atoms with Gasteiger partial charge in [0.1, 0.15) is 8.07 Å². The summed E-state index contributed by atoms with van der Waals surface area (Å²) >= 11 is 0. The fourth-order valence-corrected chi connectivity index (χ4v) is 17.5. The average Bonchev–Trinajstić information content (AvgIpc) is 3.71. The second-order valence-electron chi connectivity index (χ2n) is 14.1. The van der Waals surface area contributed by atoms with Crippen molar-refractivity contribution in [3.8, 4) is 23.3 Å². The molecule has 4 aromatic carbocycles. The Bertz CT molecular complexity index is 2630. The zero-order chi connectivity index (χ0) is 33.9. The zero-order valence-corrected chi connectivity index (χ0v) is 30.8. The van der Waals surface area contributed by atoms with E-state index in [4.69, 9.17) is 0 Å². The molecule has 0 fully saturated rings. The van der Waals surface area contributed by atoms with Crippen LogP contribution < -0.4 is 10.4 Å². The largest absolute Gasteiger partial charge is 0.249 e. The molecule has 48 heavy (non-hydrogen) atoms. The minimum absolute atomic E-state index is 0.339. The lowest BCUT2D eigenvalue weighted by Crippen LogP contribution is -2.43. The van der Waals surface area contributed by atoms with Crippen LogP contribution in [0.1, 0.15) is 70.7 Å². The Kier molecular flexibility index (Phi) is 6.90. The van der Waals surface area contributed by atoms with Crippen molar-refractivity contribution < 1.29 is 12.6 Å². The molecule has 0 aromatic heterocycles. The lowest BCUT2D eigenvalue weighted by Gasteiger charge is -2.38. The standard InChI is InChI=1S/C42H36O3S2Si/c1-8-13-29-34-21-27-22-35-33(20-28(27)23-36(34)42-40(29)32-15-10-12-17-38(32)47(42,44)45)30(18-19-48(24(2)3,25(4)5)26(6)7)39-31-14-9-11-16-37(31)46(43)41(35)39/h9-12,14-17,20-26H,1-7H3. The van der Waals surface area contributed by atoms with Gasteiger partial charge in [0.2, 0.25) is 9.84 Å². The van der Waals surface area contributed by atoms with E-state index in [2.05, 4.69) is 89.1 Å². The summed E-state index contributed by atoms with van der Waals surface area (Å²) in [6.45, 7) is 15.7. The number of fused-ring (bicyclic) bond motifs is 9. The van der Waals surface area contributed by atoms with Crippen LogP contribution in [0.4, 0.5) is 0 Å². The molecule has 0 saturated heterocycles. The van der Waals surface area contributed by atoms with Crippen molar-refractivity contribution in [2.45, 2.75) is 74.9 Å². The molecular formula is C42H36O3S2Si. The van der Waals surface area contributed by atoms with Crippen LogP contribution in [0.2, 0.25) is 16.6 Å². The minimum atomic E-state index is -3.72. The summed E-state index contributed by atoms with van der Waals surface area (Å²) in [5, 5.41) is 3.52. The summed E-state index contributed by atoms with van der Waals surface area (Å²) in [4.78, 5) is 2.35. The fourth-order valence-electron chi connectivity index (χ4n) is 8.84. The molecule has 238 valence electrons. The van der Waals surface area contributed by atoms with E-state index >= 15 is 0 Å². The van der Waals surface area contributed by atoms with E-state index in [0.29, 0.717) is 42.8 Å². The van der Waals surface area contributed by atoms with Crippen LogP contribution in [0.15, 0.2) is 82.6 Å². The molecule has 0 N–H and O–H groups in total. The zero-order valence-electron chi connectivity index (χ0n) is 28.2. The Morgan fingerprint density at radius 2 is 1.23 bits per heavy atom. The van der Waals surface area contributed by atoms with Gasteiger partial charge in [-0.25, -0.2) is 12.6 Å². The van der Waals surface area contributed by atoms with Gasteiger partial charge in [0.15, 0.2) is 0 Å². The summed E-state index contributed by atoms with van der Waals surface area (Å²) in [6.07, 6.45) is 0. The molecule has 2 aliphatic heterocycles. The third kappa shape index (κ3) is 3.94. The van der Waals surface area contributed by atoms with Gasteiger partial charge in [-0.2, -0.15) is 0 Å². The van der Waals surface area contributed by atoms with Gasteiger partial charge in [-0.15, -0.1) is 11.5 Å². The molecule has 0 saturated carbocycles. The average molecular weight is 681 g/mol. The predicted molar refractivity (Wildman–Crippen MR) is 202 cm³/mol. The summed E-state index contributed by atoms with van der Waals surface area (Å²) in [5.74, 6) is 10.1. The van der Waals surface area contributed by atoms with Gasteiger partial charge in [0.05, 0.1) is 30.4 Å². The van der Waals surface area contributed by atoms with Gasteiger partial charge >= 0.3 is 0 Å². The molecule has 0 amide bonds. The Hall–Kier alpha value is -4.20. The van der Waals surface area contributed by atoms with Crippen LogP contribution in [0.5, 0.6) is 0 Å². The third-order valence-corrected chi connectivity index (χ3v) is 20.6. The molecule has 0 spiro atoms. The van der Waals surface area contributed by atoms with E-state index in [1.165, 1.54) is 0 Å². The molecule has 2 aliphatic carbocycles. The molecule has 2 heterocycles. The van der Waals surface area contributed by atoms with E-state index < -0.39 is 28.7 Å². The van der Waals surface area contributed by atoms with Crippen LogP contribution >= 0.6 is 0 Å². The maximum atomic E-state index is 14.2. The molecule has 0 bridgehead atoms. The van der Waals surface area contributed by atoms with Crippen LogP contribution in [0.3, 0.4) is 0 Å². The second kappa shape index (κ2) is 10.6. The van der Waals surface area contributed by atoms with Gasteiger partial charge in [0, 0.05) is 43.9 Å². The first-order valence-electron chi connectivity index (χ1n) is 16.6. The van der Waals surface area contributed by atoms with Gasteiger partial charge in [-0.3, -0.25) is 0 Å². The summed E-state index contributed by atoms with van der Waals surface area (Å²) in [7, 11) is -7.14. The van der Waals surface area contributed by atoms with E-state index in [9.17, 15) is 12.6 Å². The molecule has 1 atom stereocenters. The van der Waals surface area contributed by atoms with Crippen molar-refractivity contribution in [1.29, 1.82) is 0 Å². The maximum Gasteiger partial charge on any atom is 0.208 e. The first-order valence-corrected chi connectivity index (χ1v) is 21.5. The van der Waals surface area contributed by atoms with E-state index in [1.54, 1.807) is 19.1 Å². The van der Waals surface area contributed by atoms with Crippen molar-refractivity contribution >= 4 is 71.6 Å². The van der Waals surface area contributed by atoms with Crippen LogP contribution in [0, 0.1) is 23.3 Å². The summed E-state index contributed by atoms with van der Waals surface area (Å²) in [6, 6.07) is 23.6.